The lowest BCUT2D eigenvalue weighted by Gasteiger charge is -2.11. The van der Waals surface area contributed by atoms with Crippen molar-refractivity contribution in [3.8, 4) is 0 Å². The van der Waals surface area contributed by atoms with Crippen molar-refractivity contribution >= 4 is 23.2 Å². The van der Waals surface area contributed by atoms with E-state index in [1.165, 1.54) is 0 Å². The summed E-state index contributed by atoms with van der Waals surface area (Å²) in [5.41, 5.74) is 4.37. The smallest absolute Gasteiger partial charge is 0.240 e. The summed E-state index contributed by atoms with van der Waals surface area (Å²) in [6.45, 7) is 0. The van der Waals surface area contributed by atoms with Crippen LogP contribution in [-0.4, -0.2) is 11.6 Å². The van der Waals surface area contributed by atoms with Gasteiger partial charge in [0.25, 0.3) is 0 Å². The highest BCUT2D eigenvalue weighted by Gasteiger charge is 2.12. The zero-order chi connectivity index (χ0) is 9.97. The van der Waals surface area contributed by atoms with Crippen LogP contribution in [0.3, 0.4) is 0 Å². The maximum absolute atomic E-state index is 10.9. The molecule has 0 bridgehead atoms. The lowest BCUT2D eigenvalue weighted by Crippen LogP contribution is -2.25. The number of carbonyl (C=O) groups excluding carboxylic acids is 1. The van der Waals surface area contributed by atoms with E-state index in [1.807, 2.05) is 24.3 Å². The first kappa shape index (κ1) is 9.21. The summed E-state index contributed by atoms with van der Waals surface area (Å²) in [6.07, 6.45) is 1.19. The molecule has 0 spiro atoms. The van der Waals surface area contributed by atoms with Gasteiger partial charge in [-0.25, -0.2) is 5.43 Å². The number of carbonyl (C=O) groups is 1. The van der Waals surface area contributed by atoms with Crippen molar-refractivity contribution < 1.29 is 4.79 Å². The Balaban J connectivity index is 2.23. The second kappa shape index (κ2) is 3.80. The molecule has 4 heteroatoms. The van der Waals surface area contributed by atoms with Gasteiger partial charge >= 0.3 is 0 Å². The SMILES string of the molecule is O=C1CCC(c2ccc(Cl)cc2)=NN1. The molecular formula is C10H9ClN2O. The molecule has 72 valence electrons. The lowest BCUT2D eigenvalue weighted by atomic mass is 10.0. The average Bonchev–Trinajstić information content (AvgIpc) is 2.21. The standard InChI is InChI=1S/C10H9ClN2O/c11-8-3-1-7(2-4-8)9-5-6-10(14)13-12-9/h1-4H,5-6H2,(H,13,14). The van der Waals surface area contributed by atoms with E-state index in [9.17, 15) is 4.79 Å². The van der Waals surface area contributed by atoms with Crippen LogP contribution < -0.4 is 5.43 Å². The second-order valence-corrected chi connectivity index (χ2v) is 3.54. The minimum atomic E-state index is -0.0253. The van der Waals surface area contributed by atoms with Gasteiger partial charge in [-0.15, -0.1) is 0 Å². The van der Waals surface area contributed by atoms with E-state index < -0.39 is 0 Å². The number of benzene rings is 1. The number of hydrogen-bond donors (Lipinski definition) is 1. The van der Waals surface area contributed by atoms with Crippen LogP contribution in [0.2, 0.25) is 5.02 Å². The molecule has 1 aliphatic heterocycles. The second-order valence-electron chi connectivity index (χ2n) is 3.10. The first-order valence-electron chi connectivity index (χ1n) is 4.37. The monoisotopic (exact) mass is 208 g/mol. The Bertz CT molecular complexity index is 384. The van der Waals surface area contributed by atoms with Crippen molar-refractivity contribution in [2.24, 2.45) is 5.10 Å². The number of nitrogens with zero attached hydrogens (tertiary/aromatic N) is 1. The first-order valence-corrected chi connectivity index (χ1v) is 4.75. The topological polar surface area (TPSA) is 41.5 Å². The molecule has 0 saturated carbocycles. The number of halogens is 1. The fourth-order valence-corrected chi connectivity index (χ4v) is 1.45. The van der Waals surface area contributed by atoms with E-state index in [2.05, 4.69) is 10.5 Å². The third kappa shape index (κ3) is 1.93. The predicted octanol–water partition coefficient (Wildman–Crippen LogP) is 1.95. The van der Waals surface area contributed by atoms with Gasteiger partial charge in [-0.1, -0.05) is 23.7 Å². The fourth-order valence-electron chi connectivity index (χ4n) is 1.32. The summed E-state index contributed by atoms with van der Waals surface area (Å²) in [6, 6.07) is 7.43. The van der Waals surface area contributed by atoms with Crippen molar-refractivity contribution in [3.05, 3.63) is 34.9 Å². The molecule has 0 atom stereocenters. The molecule has 1 aromatic rings. The highest BCUT2D eigenvalue weighted by atomic mass is 35.5. The minimum absolute atomic E-state index is 0.0253. The highest BCUT2D eigenvalue weighted by Crippen LogP contribution is 2.13. The van der Waals surface area contributed by atoms with E-state index in [1.54, 1.807) is 0 Å². The molecule has 0 unspecified atom stereocenters. The number of nitrogens with one attached hydrogen (secondary N) is 1. The van der Waals surface area contributed by atoms with Crippen LogP contribution in [0.1, 0.15) is 18.4 Å². The van der Waals surface area contributed by atoms with E-state index in [0.717, 1.165) is 11.3 Å². The van der Waals surface area contributed by atoms with Gasteiger partial charge in [0.15, 0.2) is 0 Å². The molecule has 0 fully saturated rings. The highest BCUT2D eigenvalue weighted by molar-refractivity contribution is 6.30. The Hall–Kier alpha value is -1.35. The van der Waals surface area contributed by atoms with E-state index in [-0.39, 0.29) is 5.91 Å². The summed E-state index contributed by atoms with van der Waals surface area (Å²) in [4.78, 5) is 10.9. The molecule has 1 aromatic carbocycles. The quantitative estimate of drug-likeness (QED) is 0.753. The maximum Gasteiger partial charge on any atom is 0.240 e. The molecule has 0 radical (unpaired) electrons. The largest absolute Gasteiger partial charge is 0.273 e. The van der Waals surface area contributed by atoms with Gasteiger partial charge in [-0.2, -0.15) is 5.10 Å². The summed E-state index contributed by atoms with van der Waals surface area (Å²) in [7, 11) is 0. The number of hydrogen-bond acceptors (Lipinski definition) is 2. The summed E-state index contributed by atoms with van der Waals surface area (Å²) in [5.74, 6) is -0.0253. The number of rotatable bonds is 1. The van der Waals surface area contributed by atoms with Crippen LogP contribution in [0.15, 0.2) is 29.4 Å². The van der Waals surface area contributed by atoms with Crippen LogP contribution in [-0.2, 0) is 4.79 Å². The van der Waals surface area contributed by atoms with Crippen molar-refractivity contribution in [2.75, 3.05) is 0 Å². The summed E-state index contributed by atoms with van der Waals surface area (Å²) in [5, 5.41) is 4.69. The van der Waals surface area contributed by atoms with Gasteiger partial charge in [-0.3, -0.25) is 4.79 Å². The first-order chi connectivity index (χ1) is 6.75. The molecule has 0 saturated heterocycles. The van der Waals surface area contributed by atoms with Crippen molar-refractivity contribution in [1.82, 2.24) is 5.43 Å². The molecule has 14 heavy (non-hydrogen) atoms. The molecule has 1 N–H and O–H groups in total. The zero-order valence-electron chi connectivity index (χ0n) is 7.46. The van der Waals surface area contributed by atoms with Crippen molar-refractivity contribution in [3.63, 3.8) is 0 Å². The van der Waals surface area contributed by atoms with E-state index >= 15 is 0 Å². The lowest BCUT2D eigenvalue weighted by molar-refractivity contribution is -0.121. The van der Waals surface area contributed by atoms with Gasteiger partial charge in [0.1, 0.15) is 0 Å². The molecule has 2 rings (SSSR count). The molecule has 0 aromatic heterocycles. The molecule has 0 aliphatic carbocycles. The minimum Gasteiger partial charge on any atom is -0.273 e. The van der Waals surface area contributed by atoms with Crippen LogP contribution in [0.5, 0.6) is 0 Å². The van der Waals surface area contributed by atoms with E-state index in [4.69, 9.17) is 11.6 Å². The van der Waals surface area contributed by atoms with Gasteiger partial charge < -0.3 is 0 Å². The maximum atomic E-state index is 10.9. The molecule has 1 amide bonds. The predicted molar refractivity (Wildman–Crippen MR) is 55.4 cm³/mol. The van der Waals surface area contributed by atoms with Gasteiger partial charge in [-0.05, 0) is 17.7 Å². The molecule has 1 heterocycles. The Morgan fingerprint density at radius 3 is 2.50 bits per heavy atom. The molecule has 3 nitrogen and oxygen atoms in total. The molecule has 1 aliphatic rings. The van der Waals surface area contributed by atoms with Crippen LogP contribution in [0.4, 0.5) is 0 Å². The van der Waals surface area contributed by atoms with Crippen LogP contribution in [0.25, 0.3) is 0 Å². The summed E-state index contributed by atoms with van der Waals surface area (Å²) < 4.78 is 0. The van der Waals surface area contributed by atoms with E-state index in [0.29, 0.717) is 17.9 Å². The van der Waals surface area contributed by atoms with Crippen LogP contribution >= 0.6 is 11.6 Å². The normalized spacial score (nSPS) is 16.1. The third-order valence-electron chi connectivity index (χ3n) is 2.08. The van der Waals surface area contributed by atoms with Gasteiger partial charge in [0, 0.05) is 17.9 Å². The third-order valence-corrected chi connectivity index (χ3v) is 2.33. The Morgan fingerprint density at radius 1 is 1.21 bits per heavy atom. The summed E-state index contributed by atoms with van der Waals surface area (Å²) >= 11 is 5.76. The Kier molecular flexibility index (Phi) is 2.50. The van der Waals surface area contributed by atoms with Crippen molar-refractivity contribution in [2.45, 2.75) is 12.8 Å². The van der Waals surface area contributed by atoms with Crippen LogP contribution in [0, 0.1) is 0 Å². The van der Waals surface area contributed by atoms with Gasteiger partial charge in [0.2, 0.25) is 5.91 Å². The zero-order valence-corrected chi connectivity index (χ0v) is 8.21. The van der Waals surface area contributed by atoms with Crippen molar-refractivity contribution in [1.29, 1.82) is 0 Å². The number of hydrazone groups is 1. The Labute approximate surface area is 86.8 Å². The fraction of sp³-hybridized carbons (Fsp3) is 0.200. The van der Waals surface area contributed by atoms with Gasteiger partial charge in [0.05, 0.1) is 5.71 Å². The molecular weight excluding hydrogens is 200 g/mol. The number of amides is 1. The average molecular weight is 209 g/mol. The Morgan fingerprint density at radius 2 is 1.93 bits per heavy atom.